The first kappa shape index (κ1) is 11.1. The number of aliphatic imine (C=N–C) groups is 1. The molecule has 1 amide bonds. The van der Waals surface area contributed by atoms with Gasteiger partial charge in [0.15, 0.2) is 5.96 Å². The van der Waals surface area contributed by atoms with E-state index in [1.54, 1.807) is 0 Å². The number of carboxylic acid groups (broad SMARTS) is 2. The predicted molar refractivity (Wildman–Crippen MR) is 50.6 cm³/mol. The molecule has 1 heterocycles. The summed E-state index contributed by atoms with van der Waals surface area (Å²) >= 11 is 0. The number of nitrogens with zero attached hydrogens (tertiary/aromatic N) is 1. The van der Waals surface area contributed by atoms with E-state index >= 15 is 0 Å². The summed E-state index contributed by atoms with van der Waals surface area (Å²) in [6, 6.07) is -1.80. The van der Waals surface area contributed by atoms with Gasteiger partial charge in [-0.1, -0.05) is 0 Å². The maximum atomic E-state index is 10.8. The van der Waals surface area contributed by atoms with Gasteiger partial charge in [0.05, 0.1) is 6.04 Å². The van der Waals surface area contributed by atoms with E-state index in [0.29, 0.717) is 13.0 Å². The number of hydrogen-bond acceptors (Lipinski definition) is 5. The molecule has 1 rings (SSSR count). The van der Waals surface area contributed by atoms with Gasteiger partial charge in [-0.2, -0.15) is 0 Å². The number of carboxylic acids is 1. The average Bonchev–Trinajstić information content (AvgIpc) is 2.13. The largest absolute Gasteiger partial charge is 0.480 e. The molecule has 84 valence electrons. The molecule has 0 aliphatic carbocycles. The van der Waals surface area contributed by atoms with Gasteiger partial charge < -0.3 is 26.6 Å². The Labute approximate surface area is 85.2 Å². The van der Waals surface area contributed by atoms with Gasteiger partial charge in [0.1, 0.15) is 6.04 Å². The third kappa shape index (κ3) is 3.01. The first-order valence-electron chi connectivity index (χ1n) is 4.29. The predicted octanol–water partition coefficient (Wildman–Crippen LogP) is -1.62. The number of aliphatic carboxylic acids is 1. The number of nitrogens with two attached hydrogens (primary N) is 1. The van der Waals surface area contributed by atoms with Crippen LogP contribution in [0.25, 0.3) is 0 Å². The van der Waals surface area contributed by atoms with Crippen LogP contribution in [0.5, 0.6) is 0 Å². The van der Waals surface area contributed by atoms with Crippen molar-refractivity contribution >= 4 is 18.0 Å². The van der Waals surface area contributed by atoms with E-state index in [1.165, 1.54) is 0 Å². The Morgan fingerprint density at radius 2 is 2.27 bits per heavy atom. The zero-order chi connectivity index (χ0) is 11.4. The Bertz CT molecular complexity index is 303. The smallest absolute Gasteiger partial charge is 0.405 e. The maximum Gasteiger partial charge on any atom is 0.405 e. The van der Waals surface area contributed by atoms with Crippen molar-refractivity contribution in [1.82, 2.24) is 10.6 Å². The molecule has 2 atom stereocenters. The molecule has 8 nitrogen and oxygen atoms in total. The summed E-state index contributed by atoms with van der Waals surface area (Å²) in [5, 5.41) is 21.8. The molecule has 6 N–H and O–H groups in total. The van der Waals surface area contributed by atoms with Crippen LogP contribution >= 0.6 is 0 Å². The van der Waals surface area contributed by atoms with Crippen LogP contribution < -0.4 is 16.4 Å². The van der Waals surface area contributed by atoms with Crippen LogP contribution in [-0.2, 0) is 4.79 Å². The zero-order valence-corrected chi connectivity index (χ0v) is 7.80. The second-order valence-corrected chi connectivity index (χ2v) is 3.07. The number of hydrogen-bond donors (Lipinski definition) is 5. The molecule has 0 saturated carbocycles. The van der Waals surface area contributed by atoms with Gasteiger partial charge in [-0.05, 0) is 6.42 Å². The minimum absolute atomic E-state index is 0.129. The molecular formula is C7H12N4O4. The second kappa shape index (κ2) is 4.49. The van der Waals surface area contributed by atoms with E-state index in [0.717, 1.165) is 0 Å². The summed E-state index contributed by atoms with van der Waals surface area (Å²) in [6.07, 6.45) is -0.969. The Kier molecular flexibility index (Phi) is 3.32. The molecular weight excluding hydrogens is 204 g/mol. The lowest BCUT2D eigenvalue weighted by Crippen LogP contribution is -2.58. The molecule has 0 spiro atoms. The van der Waals surface area contributed by atoms with Gasteiger partial charge in [0.25, 0.3) is 0 Å². The molecule has 1 aliphatic heterocycles. The zero-order valence-electron chi connectivity index (χ0n) is 7.80. The highest BCUT2D eigenvalue weighted by Crippen LogP contribution is 2.04. The van der Waals surface area contributed by atoms with Gasteiger partial charge in [-0.3, -0.25) is 4.99 Å². The van der Waals surface area contributed by atoms with Crippen LogP contribution in [0.4, 0.5) is 4.79 Å². The quantitative estimate of drug-likeness (QED) is 0.384. The van der Waals surface area contributed by atoms with Crippen molar-refractivity contribution in [1.29, 1.82) is 0 Å². The lowest BCUT2D eigenvalue weighted by molar-refractivity contribution is -0.140. The number of rotatable bonds is 3. The first-order valence-corrected chi connectivity index (χ1v) is 4.29. The van der Waals surface area contributed by atoms with Gasteiger partial charge in [0, 0.05) is 6.54 Å². The minimum Gasteiger partial charge on any atom is -0.480 e. The van der Waals surface area contributed by atoms with Crippen LogP contribution in [0.1, 0.15) is 6.42 Å². The van der Waals surface area contributed by atoms with Crippen molar-refractivity contribution in [2.75, 3.05) is 6.54 Å². The number of amides is 1. The fraction of sp³-hybridized carbons (Fsp3) is 0.571. The van der Waals surface area contributed by atoms with Crippen molar-refractivity contribution in [2.24, 2.45) is 10.7 Å². The molecule has 1 aliphatic rings. The average molecular weight is 216 g/mol. The first-order chi connectivity index (χ1) is 7.00. The molecule has 0 fully saturated rings. The van der Waals surface area contributed by atoms with E-state index in [1.807, 2.05) is 5.32 Å². The summed E-state index contributed by atoms with van der Waals surface area (Å²) < 4.78 is 0. The molecule has 0 radical (unpaired) electrons. The van der Waals surface area contributed by atoms with Crippen molar-refractivity contribution in [2.45, 2.75) is 18.5 Å². The van der Waals surface area contributed by atoms with Crippen molar-refractivity contribution < 1.29 is 19.8 Å². The highest BCUT2D eigenvalue weighted by Gasteiger charge is 2.31. The maximum absolute atomic E-state index is 10.8. The number of guanidine groups is 1. The monoisotopic (exact) mass is 216 g/mol. The number of carbonyl (C=O) groups is 2. The van der Waals surface area contributed by atoms with Crippen molar-refractivity contribution in [3.63, 3.8) is 0 Å². The highest BCUT2D eigenvalue weighted by molar-refractivity contribution is 5.83. The van der Waals surface area contributed by atoms with Crippen LogP contribution in [0, 0.1) is 0 Å². The summed E-state index contributed by atoms with van der Waals surface area (Å²) in [5.74, 6) is -1.12. The van der Waals surface area contributed by atoms with Gasteiger partial charge in [-0.15, -0.1) is 0 Å². The summed E-state index contributed by atoms with van der Waals surface area (Å²) in [5.41, 5.74) is 5.36. The molecule has 0 bridgehead atoms. The molecule has 0 saturated heterocycles. The standard InChI is InChI=1S/C7H12N4O4/c8-6-9-2-1-3(10-6)4(5(12)13)11-7(14)15/h3-4,11H,1-2H2,(H,12,13)(H,14,15)(H3,8,9,10)/t3-,4+/m1/s1. The third-order valence-electron chi connectivity index (χ3n) is 2.00. The van der Waals surface area contributed by atoms with E-state index in [4.69, 9.17) is 15.9 Å². The van der Waals surface area contributed by atoms with Crippen molar-refractivity contribution in [3.8, 4) is 0 Å². The SMILES string of the molecule is NC1=NCC[C@H]([C@H](NC(=O)O)C(=O)O)N1. The summed E-state index contributed by atoms with van der Waals surface area (Å²) in [6.45, 7) is 0.384. The Hall–Kier alpha value is -1.99. The van der Waals surface area contributed by atoms with Gasteiger partial charge >= 0.3 is 12.1 Å². The van der Waals surface area contributed by atoms with Crippen LogP contribution in [0.2, 0.25) is 0 Å². The van der Waals surface area contributed by atoms with Gasteiger partial charge in [-0.25, -0.2) is 9.59 Å². The lowest BCUT2D eigenvalue weighted by atomic mass is 10.0. The summed E-state index contributed by atoms with van der Waals surface area (Å²) in [4.78, 5) is 25.0. The van der Waals surface area contributed by atoms with E-state index < -0.39 is 24.1 Å². The summed E-state index contributed by atoms with van der Waals surface area (Å²) in [7, 11) is 0. The molecule has 0 aromatic heterocycles. The van der Waals surface area contributed by atoms with Crippen LogP contribution in [0.15, 0.2) is 4.99 Å². The molecule has 0 unspecified atom stereocenters. The fourth-order valence-corrected chi connectivity index (χ4v) is 1.35. The minimum atomic E-state index is -1.38. The second-order valence-electron chi connectivity index (χ2n) is 3.07. The van der Waals surface area contributed by atoms with Crippen LogP contribution in [-0.4, -0.2) is 46.9 Å². The van der Waals surface area contributed by atoms with Crippen molar-refractivity contribution in [3.05, 3.63) is 0 Å². The Morgan fingerprint density at radius 3 is 2.73 bits per heavy atom. The molecule has 15 heavy (non-hydrogen) atoms. The third-order valence-corrected chi connectivity index (χ3v) is 2.00. The molecule has 0 aromatic rings. The van der Waals surface area contributed by atoms with E-state index in [-0.39, 0.29) is 5.96 Å². The normalized spacial score (nSPS) is 22.1. The fourth-order valence-electron chi connectivity index (χ4n) is 1.35. The van der Waals surface area contributed by atoms with Crippen LogP contribution in [0.3, 0.4) is 0 Å². The molecule has 8 heteroatoms. The number of nitrogens with one attached hydrogen (secondary N) is 2. The van der Waals surface area contributed by atoms with Gasteiger partial charge in [0.2, 0.25) is 0 Å². The Morgan fingerprint density at radius 1 is 1.60 bits per heavy atom. The topological polar surface area (TPSA) is 137 Å². The highest BCUT2D eigenvalue weighted by atomic mass is 16.4. The Balaban J connectivity index is 2.68. The molecule has 0 aromatic carbocycles. The van der Waals surface area contributed by atoms with E-state index in [2.05, 4.69) is 10.3 Å². The lowest BCUT2D eigenvalue weighted by Gasteiger charge is -2.27. The van der Waals surface area contributed by atoms with E-state index in [9.17, 15) is 9.59 Å².